The minimum absolute atomic E-state index is 0.173. The van der Waals surface area contributed by atoms with Gasteiger partial charge in [-0.3, -0.25) is 4.68 Å². The number of aliphatic hydroxyl groups is 1. The number of hydrogen-bond donors (Lipinski definition) is 1. The molecular weight excluding hydrogens is 233 g/mol. The zero-order valence-corrected chi connectivity index (χ0v) is 8.68. The van der Waals surface area contributed by atoms with E-state index in [9.17, 15) is 13.2 Å². The van der Waals surface area contributed by atoms with Gasteiger partial charge in [0.15, 0.2) is 6.10 Å². The molecule has 1 heterocycles. The Morgan fingerprint density at radius 2 is 2.20 bits per heavy atom. The average Bonchev–Trinajstić information content (AvgIpc) is 2.45. The number of aryl methyl sites for hydroxylation is 1. The van der Waals surface area contributed by atoms with Crippen molar-refractivity contribution >= 4 is 11.6 Å². The molecule has 0 aliphatic carbocycles. The fourth-order valence-corrected chi connectivity index (χ4v) is 1.43. The Balaban J connectivity index is 3.06. The first-order valence-corrected chi connectivity index (χ1v) is 4.71. The van der Waals surface area contributed by atoms with Crippen LogP contribution >= 0.6 is 11.6 Å². The zero-order valence-electron chi connectivity index (χ0n) is 7.92. The van der Waals surface area contributed by atoms with Gasteiger partial charge in [0.25, 0.3) is 0 Å². The topological polar surface area (TPSA) is 38.0 Å². The molecule has 1 N–H and O–H groups in total. The molecule has 0 spiro atoms. The molecule has 1 aromatic heterocycles. The molecule has 7 heteroatoms. The Labute approximate surface area is 89.5 Å². The summed E-state index contributed by atoms with van der Waals surface area (Å²) < 4.78 is 37.9. The van der Waals surface area contributed by atoms with Crippen LogP contribution in [0.4, 0.5) is 13.2 Å². The molecule has 0 aliphatic rings. The van der Waals surface area contributed by atoms with Crippen molar-refractivity contribution in [3.8, 4) is 0 Å². The van der Waals surface area contributed by atoms with Crippen molar-refractivity contribution in [1.29, 1.82) is 0 Å². The highest BCUT2D eigenvalue weighted by Gasteiger charge is 2.42. The summed E-state index contributed by atoms with van der Waals surface area (Å²) in [4.78, 5) is 0. The number of rotatable bonds is 3. The number of alkyl halides is 3. The van der Waals surface area contributed by atoms with Crippen molar-refractivity contribution in [2.24, 2.45) is 0 Å². The normalized spacial score (nSPS) is 14.3. The molecule has 0 radical (unpaired) electrons. The van der Waals surface area contributed by atoms with Crippen molar-refractivity contribution in [2.75, 3.05) is 0 Å². The van der Waals surface area contributed by atoms with Gasteiger partial charge in [-0.25, -0.2) is 0 Å². The third-order valence-corrected chi connectivity index (χ3v) is 2.13. The summed E-state index contributed by atoms with van der Waals surface area (Å²) in [6.07, 6.45) is -5.61. The van der Waals surface area contributed by atoms with E-state index in [0.29, 0.717) is 6.42 Å². The SMILES string of the molecule is CCCn1ncc(Cl)c1[C@H](O)C(F)(F)F. The van der Waals surface area contributed by atoms with Crippen molar-refractivity contribution in [2.45, 2.75) is 32.2 Å². The summed E-state index contributed by atoms with van der Waals surface area (Å²) in [5, 5.41) is 12.6. The van der Waals surface area contributed by atoms with Crippen molar-refractivity contribution in [3.05, 3.63) is 16.9 Å². The summed E-state index contributed by atoms with van der Waals surface area (Å²) in [5.74, 6) is 0. The van der Waals surface area contributed by atoms with E-state index in [2.05, 4.69) is 5.10 Å². The molecule has 0 amide bonds. The Morgan fingerprint density at radius 1 is 1.60 bits per heavy atom. The van der Waals surface area contributed by atoms with Crippen LogP contribution in [0.15, 0.2) is 6.20 Å². The molecule has 0 saturated heterocycles. The minimum Gasteiger partial charge on any atom is -0.378 e. The van der Waals surface area contributed by atoms with Crippen LogP contribution < -0.4 is 0 Å². The standard InChI is InChI=1S/C8H10ClF3N2O/c1-2-3-14-6(5(9)4-13-14)7(15)8(10,11)12/h4,7,15H,2-3H2,1H3/t7-/m0/s1. The Morgan fingerprint density at radius 3 is 2.67 bits per heavy atom. The van der Waals surface area contributed by atoms with E-state index < -0.39 is 18.0 Å². The summed E-state index contributed by atoms with van der Waals surface area (Å²) in [7, 11) is 0. The lowest BCUT2D eigenvalue weighted by Gasteiger charge is -2.16. The Kier molecular flexibility index (Phi) is 3.62. The Bertz CT molecular complexity index is 337. The molecule has 3 nitrogen and oxygen atoms in total. The fourth-order valence-electron chi connectivity index (χ4n) is 1.19. The van der Waals surface area contributed by atoms with Gasteiger partial charge in [-0.05, 0) is 6.42 Å². The lowest BCUT2D eigenvalue weighted by molar-refractivity contribution is -0.208. The maximum atomic E-state index is 12.3. The third kappa shape index (κ3) is 2.63. The van der Waals surface area contributed by atoms with E-state index in [4.69, 9.17) is 16.7 Å². The number of nitrogens with zero attached hydrogens (tertiary/aromatic N) is 2. The lowest BCUT2D eigenvalue weighted by Crippen LogP contribution is -2.23. The van der Waals surface area contributed by atoms with Crippen molar-refractivity contribution < 1.29 is 18.3 Å². The van der Waals surface area contributed by atoms with E-state index in [1.165, 1.54) is 0 Å². The molecule has 1 atom stereocenters. The maximum Gasteiger partial charge on any atom is 0.420 e. The van der Waals surface area contributed by atoms with E-state index in [0.717, 1.165) is 10.9 Å². The van der Waals surface area contributed by atoms with Gasteiger partial charge in [0.2, 0.25) is 0 Å². The van der Waals surface area contributed by atoms with Crippen LogP contribution in [0.3, 0.4) is 0 Å². The second kappa shape index (κ2) is 4.40. The summed E-state index contributed by atoms with van der Waals surface area (Å²) >= 11 is 5.54. The van der Waals surface area contributed by atoms with Crippen LogP contribution in [0.1, 0.15) is 25.1 Å². The molecule has 0 aliphatic heterocycles. The zero-order chi connectivity index (χ0) is 11.6. The molecule has 86 valence electrons. The first-order chi connectivity index (χ1) is 6.88. The molecule has 0 fully saturated rings. The number of halogens is 4. The van der Waals surface area contributed by atoms with E-state index >= 15 is 0 Å². The van der Waals surface area contributed by atoms with Crippen LogP contribution in [0.25, 0.3) is 0 Å². The largest absolute Gasteiger partial charge is 0.420 e. The highest BCUT2D eigenvalue weighted by Crippen LogP contribution is 2.35. The molecule has 15 heavy (non-hydrogen) atoms. The van der Waals surface area contributed by atoms with Gasteiger partial charge in [0.05, 0.1) is 16.9 Å². The number of aromatic nitrogens is 2. The van der Waals surface area contributed by atoms with Gasteiger partial charge in [-0.15, -0.1) is 0 Å². The second-order valence-corrected chi connectivity index (χ2v) is 3.45. The highest BCUT2D eigenvalue weighted by molar-refractivity contribution is 6.31. The third-order valence-electron chi connectivity index (χ3n) is 1.84. The van der Waals surface area contributed by atoms with Crippen molar-refractivity contribution in [3.63, 3.8) is 0 Å². The monoisotopic (exact) mass is 242 g/mol. The first-order valence-electron chi connectivity index (χ1n) is 4.34. The van der Waals surface area contributed by atoms with Gasteiger partial charge in [-0.1, -0.05) is 18.5 Å². The first kappa shape index (κ1) is 12.3. The predicted octanol–water partition coefficient (Wildman–Crippen LogP) is 2.54. The van der Waals surface area contributed by atoms with E-state index in [1.54, 1.807) is 6.92 Å². The molecule has 0 unspecified atom stereocenters. The predicted molar refractivity (Wildman–Crippen MR) is 48.5 cm³/mol. The molecule has 0 aromatic carbocycles. The van der Waals surface area contributed by atoms with Crippen LogP contribution in [0, 0.1) is 0 Å². The number of aliphatic hydroxyl groups excluding tert-OH is 1. The van der Waals surface area contributed by atoms with Crippen LogP contribution in [-0.4, -0.2) is 21.1 Å². The van der Waals surface area contributed by atoms with Gasteiger partial charge >= 0.3 is 6.18 Å². The fraction of sp³-hybridized carbons (Fsp3) is 0.625. The lowest BCUT2D eigenvalue weighted by atomic mass is 10.2. The molecule has 0 saturated carbocycles. The van der Waals surface area contributed by atoms with Gasteiger partial charge in [0, 0.05) is 6.54 Å². The van der Waals surface area contributed by atoms with Gasteiger partial charge < -0.3 is 5.11 Å². The summed E-state index contributed by atoms with van der Waals surface area (Å²) in [6.45, 7) is 2.08. The average molecular weight is 243 g/mol. The maximum absolute atomic E-state index is 12.3. The van der Waals surface area contributed by atoms with Crippen LogP contribution in [0.5, 0.6) is 0 Å². The summed E-state index contributed by atoms with van der Waals surface area (Å²) in [5.41, 5.74) is -0.397. The van der Waals surface area contributed by atoms with Crippen LogP contribution in [0.2, 0.25) is 5.02 Å². The van der Waals surface area contributed by atoms with E-state index in [1.807, 2.05) is 0 Å². The number of hydrogen-bond acceptors (Lipinski definition) is 2. The minimum atomic E-state index is -4.73. The second-order valence-electron chi connectivity index (χ2n) is 3.05. The quantitative estimate of drug-likeness (QED) is 0.885. The van der Waals surface area contributed by atoms with E-state index in [-0.39, 0.29) is 11.6 Å². The molecule has 1 rings (SSSR count). The van der Waals surface area contributed by atoms with Gasteiger partial charge in [-0.2, -0.15) is 18.3 Å². The Hall–Kier alpha value is -0.750. The highest BCUT2D eigenvalue weighted by atomic mass is 35.5. The smallest absolute Gasteiger partial charge is 0.378 e. The summed E-state index contributed by atoms with van der Waals surface area (Å²) in [6, 6.07) is 0. The van der Waals surface area contributed by atoms with Gasteiger partial charge in [0.1, 0.15) is 0 Å². The van der Waals surface area contributed by atoms with Crippen LogP contribution in [-0.2, 0) is 6.54 Å². The molecule has 0 bridgehead atoms. The molecule has 1 aromatic rings. The molecular formula is C8H10ClF3N2O. The van der Waals surface area contributed by atoms with Crippen molar-refractivity contribution in [1.82, 2.24) is 9.78 Å².